The molecule has 0 radical (unpaired) electrons. The van der Waals surface area contributed by atoms with E-state index in [-0.39, 0.29) is 6.10 Å². The molecule has 0 aromatic heterocycles. The fraction of sp³-hybridized carbons (Fsp3) is 0.538. The van der Waals surface area contributed by atoms with Crippen molar-refractivity contribution in [2.24, 2.45) is 5.73 Å². The molecule has 94 valence electrons. The molecule has 17 heavy (non-hydrogen) atoms. The summed E-state index contributed by atoms with van der Waals surface area (Å²) in [7, 11) is 1.68. The predicted molar refractivity (Wildman–Crippen MR) is 67.2 cm³/mol. The lowest BCUT2D eigenvalue weighted by Crippen LogP contribution is -2.40. The van der Waals surface area contributed by atoms with E-state index in [0.29, 0.717) is 6.54 Å². The Balaban J connectivity index is 2.00. The Labute approximate surface area is 102 Å². The first-order valence-electron chi connectivity index (χ1n) is 6.01. The van der Waals surface area contributed by atoms with Crippen molar-refractivity contribution in [3.8, 4) is 5.75 Å². The van der Waals surface area contributed by atoms with E-state index in [1.807, 2.05) is 12.1 Å². The van der Waals surface area contributed by atoms with Gasteiger partial charge in [-0.05, 0) is 17.7 Å². The molecule has 1 atom stereocenters. The van der Waals surface area contributed by atoms with E-state index in [4.69, 9.17) is 15.2 Å². The topological polar surface area (TPSA) is 47.7 Å². The lowest BCUT2D eigenvalue weighted by molar-refractivity contribution is -0.0288. The van der Waals surface area contributed by atoms with Gasteiger partial charge in [0.15, 0.2) is 0 Å². The summed E-state index contributed by atoms with van der Waals surface area (Å²) in [6, 6.07) is 8.08. The standard InChI is InChI=1S/C13H20N2O2/c1-16-12-4-2-11(3-5-12)13-10-15(7-6-14)8-9-17-13/h2-5,13H,6-10,14H2,1H3. The second-order valence-corrected chi connectivity index (χ2v) is 4.22. The molecule has 1 aromatic carbocycles. The van der Waals surface area contributed by atoms with E-state index >= 15 is 0 Å². The molecule has 0 aliphatic carbocycles. The van der Waals surface area contributed by atoms with Gasteiger partial charge in [-0.2, -0.15) is 0 Å². The summed E-state index contributed by atoms with van der Waals surface area (Å²) in [5, 5.41) is 0. The maximum absolute atomic E-state index is 5.79. The van der Waals surface area contributed by atoms with Crippen molar-refractivity contribution < 1.29 is 9.47 Å². The first-order valence-corrected chi connectivity index (χ1v) is 6.01. The summed E-state index contributed by atoms with van der Waals surface area (Å²) in [5.74, 6) is 0.878. The molecule has 1 fully saturated rings. The van der Waals surface area contributed by atoms with Crippen molar-refractivity contribution in [2.75, 3.05) is 39.9 Å². The molecule has 0 bridgehead atoms. The molecular formula is C13H20N2O2. The third-order valence-electron chi connectivity index (χ3n) is 3.08. The molecular weight excluding hydrogens is 216 g/mol. The van der Waals surface area contributed by atoms with Crippen LogP contribution in [0.3, 0.4) is 0 Å². The van der Waals surface area contributed by atoms with Gasteiger partial charge in [0.05, 0.1) is 19.8 Å². The molecule has 2 rings (SSSR count). The minimum Gasteiger partial charge on any atom is -0.497 e. The van der Waals surface area contributed by atoms with Crippen molar-refractivity contribution in [1.82, 2.24) is 4.90 Å². The molecule has 4 heteroatoms. The number of hydrogen-bond acceptors (Lipinski definition) is 4. The number of morpholine rings is 1. The highest BCUT2D eigenvalue weighted by Crippen LogP contribution is 2.23. The van der Waals surface area contributed by atoms with Crippen molar-refractivity contribution in [1.29, 1.82) is 0 Å². The van der Waals surface area contributed by atoms with Gasteiger partial charge in [0, 0.05) is 26.2 Å². The first-order chi connectivity index (χ1) is 8.33. The predicted octanol–water partition coefficient (Wildman–Crippen LogP) is 1.03. The summed E-state index contributed by atoms with van der Waals surface area (Å²) in [4.78, 5) is 2.35. The molecule has 1 saturated heterocycles. The van der Waals surface area contributed by atoms with Gasteiger partial charge >= 0.3 is 0 Å². The monoisotopic (exact) mass is 236 g/mol. The van der Waals surface area contributed by atoms with Crippen LogP contribution in [0.5, 0.6) is 5.75 Å². The Hall–Kier alpha value is -1.10. The molecule has 0 saturated carbocycles. The van der Waals surface area contributed by atoms with E-state index in [1.54, 1.807) is 7.11 Å². The molecule has 0 spiro atoms. The smallest absolute Gasteiger partial charge is 0.118 e. The average Bonchev–Trinajstić information content (AvgIpc) is 2.40. The van der Waals surface area contributed by atoms with Gasteiger partial charge in [0.2, 0.25) is 0 Å². The van der Waals surface area contributed by atoms with E-state index in [9.17, 15) is 0 Å². The largest absolute Gasteiger partial charge is 0.497 e. The highest BCUT2D eigenvalue weighted by atomic mass is 16.5. The quantitative estimate of drug-likeness (QED) is 0.848. The van der Waals surface area contributed by atoms with Crippen LogP contribution in [-0.4, -0.2) is 44.8 Å². The second kappa shape index (κ2) is 6.00. The Morgan fingerprint density at radius 2 is 2.18 bits per heavy atom. The summed E-state index contributed by atoms with van der Waals surface area (Å²) < 4.78 is 10.9. The molecule has 1 unspecified atom stereocenters. The van der Waals surface area contributed by atoms with Crippen LogP contribution in [0.4, 0.5) is 0 Å². The maximum atomic E-state index is 5.79. The first kappa shape index (κ1) is 12.4. The number of nitrogens with two attached hydrogens (primary N) is 1. The SMILES string of the molecule is COc1ccc(C2CN(CCN)CCO2)cc1. The van der Waals surface area contributed by atoms with E-state index in [2.05, 4.69) is 17.0 Å². The van der Waals surface area contributed by atoms with Gasteiger partial charge < -0.3 is 15.2 Å². The van der Waals surface area contributed by atoms with Crippen LogP contribution in [0.1, 0.15) is 11.7 Å². The molecule has 1 aliphatic heterocycles. The maximum Gasteiger partial charge on any atom is 0.118 e. The minimum absolute atomic E-state index is 0.154. The van der Waals surface area contributed by atoms with Crippen molar-refractivity contribution in [3.63, 3.8) is 0 Å². The highest BCUT2D eigenvalue weighted by Gasteiger charge is 2.21. The van der Waals surface area contributed by atoms with Crippen molar-refractivity contribution in [2.45, 2.75) is 6.10 Å². The summed E-state index contributed by atoms with van der Waals surface area (Å²) in [6.07, 6.45) is 0.154. The van der Waals surface area contributed by atoms with Crippen molar-refractivity contribution >= 4 is 0 Å². The summed E-state index contributed by atoms with van der Waals surface area (Å²) >= 11 is 0. The van der Waals surface area contributed by atoms with Gasteiger partial charge in [-0.15, -0.1) is 0 Å². The fourth-order valence-corrected chi connectivity index (χ4v) is 2.11. The lowest BCUT2D eigenvalue weighted by Gasteiger charge is -2.32. The van der Waals surface area contributed by atoms with Crippen LogP contribution < -0.4 is 10.5 Å². The Morgan fingerprint density at radius 1 is 1.41 bits per heavy atom. The van der Waals surface area contributed by atoms with Crippen molar-refractivity contribution in [3.05, 3.63) is 29.8 Å². The van der Waals surface area contributed by atoms with Crippen LogP contribution in [0.25, 0.3) is 0 Å². The van der Waals surface area contributed by atoms with Crippen LogP contribution in [0, 0.1) is 0 Å². The van der Waals surface area contributed by atoms with Gasteiger partial charge in [-0.1, -0.05) is 12.1 Å². The molecule has 4 nitrogen and oxygen atoms in total. The molecule has 1 aliphatic rings. The second-order valence-electron chi connectivity index (χ2n) is 4.22. The van der Waals surface area contributed by atoms with E-state index in [0.717, 1.165) is 32.0 Å². The number of methoxy groups -OCH3 is 1. The zero-order chi connectivity index (χ0) is 12.1. The number of benzene rings is 1. The third-order valence-corrected chi connectivity index (χ3v) is 3.08. The molecule has 2 N–H and O–H groups in total. The number of nitrogens with zero attached hydrogens (tertiary/aromatic N) is 1. The normalized spacial score (nSPS) is 21.4. The van der Waals surface area contributed by atoms with Gasteiger partial charge in [-0.3, -0.25) is 4.90 Å². The summed E-state index contributed by atoms with van der Waals surface area (Å²) in [6.45, 7) is 4.31. The van der Waals surface area contributed by atoms with Crippen LogP contribution >= 0.6 is 0 Å². The zero-order valence-electron chi connectivity index (χ0n) is 10.3. The molecule has 0 amide bonds. The third kappa shape index (κ3) is 3.19. The average molecular weight is 236 g/mol. The molecule has 1 aromatic rings. The zero-order valence-corrected chi connectivity index (χ0v) is 10.3. The number of rotatable bonds is 4. The van der Waals surface area contributed by atoms with Crippen LogP contribution in [0.15, 0.2) is 24.3 Å². The lowest BCUT2D eigenvalue weighted by atomic mass is 10.1. The number of ether oxygens (including phenoxy) is 2. The summed E-state index contributed by atoms with van der Waals surface area (Å²) in [5.41, 5.74) is 6.78. The van der Waals surface area contributed by atoms with Crippen LogP contribution in [0.2, 0.25) is 0 Å². The highest BCUT2D eigenvalue weighted by molar-refractivity contribution is 5.28. The van der Waals surface area contributed by atoms with E-state index < -0.39 is 0 Å². The molecule has 1 heterocycles. The van der Waals surface area contributed by atoms with Gasteiger partial charge in [-0.25, -0.2) is 0 Å². The minimum atomic E-state index is 0.154. The van der Waals surface area contributed by atoms with Crippen LogP contribution in [-0.2, 0) is 4.74 Å². The van der Waals surface area contributed by atoms with E-state index in [1.165, 1.54) is 5.56 Å². The Kier molecular flexibility index (Phi) is 4.36. The number of hydrogen-bond donors (Lipinski definition) is 1. The fourth-order valence-electron chi connectivity index (χ4n) is 2.11. The Morgan fingerprint density at radius 3 is 2.82 bits per heavy atom. The van der Waals surface area contributed by atoms with Gasteiger partial charge in [0.1, 0.15) is 5.75 Å². The van der Waals surface area contributed by atoms with Gasteiger partial charge in [0.25, 0.3) is 0 Å². The Bertz CT molecular complexity index is 338.